The minimum absolute atomic E-state index is 0.0262. The number of Topliss-reactive ketones (excluding diaryl/α,β-unsaturated/α-hetero) is 1. The number of halogens is 4. The highest BCUT2D eigenvalue weighted by atomic mass is 35.5. The molecule has 0 aliphatic carbocycles. The van der Waals surface area contributed by atoms with Gasteiger partial charge in [-0.05, 0) is 50.2 Å². The number of fused-ring (bicyclic) bond motifs is 1. The molecule has 4 aromatic rings. The highest BCUT2D eigenvalue weighted by Crippen LogP contribution is 2.33. The summed E-state index contributed by atoms with van der Waals surface area (Å²) in [5, 5.41) is 7.74. The molecular formula is C22H18ClF3N4O2S. The second-order valence-corrected chi connectivity index (χ2v) is 8.63. The topological polar surface area (TPSA) is 61.4 Å². The number of ether oxygens (including phenoxy) is 1. The summed E-state index contributed by atoms with van der Waals surface area (Å²) in [6, 6.07) is 10.1. The first-order valence-electron chi connectivity index (χ1n) is 9.71. The Bertz CT molecular complexity index is 1350. The third-order valence-corrected chi connectivity index (χ3v) is 6.37. The predicted octanol–water partition coefficient (Wildman–Crippen LogP) is 5.79. The molecule has 0 aliphatic rings. The summed E-state index contributed by atoms with van der Waals surface area (Å²) in [5.74, 6) is 0.521. The van der Waals surface area contributed by atoms with Crippen LogP contribution in [0.4, 0.5) is 13.2 Å². The molecule has 0 fully saturated rings. The third kappa shape index (κ3) is 4.45. The Labute approximate surface area is 196 Å². The third-order valence-electron chi connectivity index (χ3n) is 5.15. The maximum atomic E-state index is 13.2. The largest absolute Gasteiger partial charge is 0.497 e. The molecule has 0 amide bonds. The van der Waals surface area contributed by atoms with Gasteiger partial charge in [-0.25, -0.2) is 0 Å². The fraction of sp³-hybridized carbons (Fsp3) is 0.227. The average molecular weight is 495 g/mol. The maximum Gasteiger partial charge on any atom is 0.417 e. The lowest BCUT2D eigenvalue weighted by Gasteiger charge is -2.11. The minimum Gasteiger partial charge on any atom is -0.497 e. The highest BCUT2D eigenvalue weighted by Gasteiger charge is 2.32. The summed E-state index contributed by atoms with van der Waals surface area (Å²) in [6.45, 7) is 3.74. The number of methoxy groups -OCH3 is 1. The van der Waals surface area contributed by atoms with Crippen molar-refractivity contribution in [1.29, 1.82) is 0 Å². The first-order chi connectivity index (χ1) is 15.6. The SMILES string of the molecule is COc1ccc(-n2c(C)cc(C(=O)CSc3nnc4c(Cl)cc(C(F)(F)F)cn34)c2C)cc1. The number of aryl methyl sites for hydroxylation is 1. The minimum atomic E-state index is -4.57. The average Bonchev–Trinajstić information content (AvgIpc) is 3.32. The van der Waals surface area contributed by atoms with Gasteiger partial charge in [0.15, 0.2) is 16.6 Å². The van der Waals surface area contributed by atoms with Crippen molar-refractivity contribution in [2.45, 2.75) is 25.2 Å². The lowest BCUT2D eigenvalue weighted by molar-refractivity contribution is -0.137. The van der Waals surface area contributed by atoms with Crippen molar-refractivity contribution in [3.8, 4) is 11.4 Å². The van der Waals surface area contributed by atoms with E-state index in [0.717, 1.165) is 51.3 Å². The molecule has 0 aliphatic heterocycles. The second kappa shape index (κ2) is 8.75. The standard InChI is InChI=1S/C22H18ClF3N4O2S/c1-12-8-17(13(2)30(12)15-4-6-16(32-3)7-5-15)19(31)11-33-21-28-27-20-18(23)9-14(10-29(20)21)22(24,25)26/h4-10H,11H2,1-3H3. The molecule has 0 unspecified atom stereocenters. The molecule has 0 spiro atoms. The second-order valence-electron chi connectivity index (χ2n) is 7.28. The van der Waals surface area contributed by atoms with E-state index in [-0.39, 0.29) is 27.4 Å². The van der Waals surface area contributed by atoms with Gasteiger partial charge in [0.1, 0.15) is 5.75 Å². The van der Waals surface area contributed by atoms with Crippen molar-refractivity contribution in [3.05, 3.63) is 70.1 Å². The Hall–Kier alpha value is -2.98. The summed E-state index contributed by atoms with van der Waals surface area (Å²) >= 11 is 6.95. The number of carbonyl (C=O) groups is 1. The Kier molecular flexibility index (Phi) is 6.15. The van der Waals surface area contributed by atoms with Crippen LogP contribution in [0.3, 0.4) is 0 Å². The van der Waals surface area contributed by atoms with Gasteiger partial charge >= 0.3 is 6.18 Å². The molecule has 0 radical (unpaired) electrons. The molecular weight excluding hydrogens is 477 g/mol. The van der Waals surface area contributed by atoms with E-state index < -0.39 is 11.7 Å². The molecule has 11 heteroatoms. The van der Waals surface area contributed by atoms with Crippen LogP contribution in [-0.4, -0.2) is 37.8 Å². The number of benzene rings is 1. The lowest BCUT2D eigenvalue weighted by atomic mass is 10.2. The van der Waals surface area contributed by atoms with Crippen molar-refractivity contribution in [1.82, 2.24) is 19.2 Å². The van der Waals surface area contributed by atoms with Crippen molar-refractivity contribution in [2.75, 3.05) is 12.9 Å². The fourth-order valence-corrected chi connectivity index (χ4v) is 4.61. The number of nitrogens with zero attached hydrogens (tertiary/aromatic N) is 4. The zero-order chi connectivity index (χ0) is 23.9. The number of hydrogen-bond donors (Lipinski definition) is 0. The smallest absolute Gasteiger partial charge is 0.417 e. The molecule has 0 N–H and O–H groups in total. The van der Waals surface area contributed by atoms with E-state index >= 15 is 0 Å². The van der Waals surface area contributed by atoms with Gasteiger partial charge in [-0.2, -0.15) is 13.2 Å². The van der Waals surface area contributed by atoms with Crippen LogP contribution in [0.25, 0.3) is 11.3 Å². The molecule has 3 aromatic heterocycles. The number of aromatic nitrogens is 4. The first-order valence-corrected chi connectivity index (χ1v) is 11.1. The predicted molar refractivity (Wildman–Crippen MR) is 120 cm³/mol. The van der Waals surface area contributed by atoms with E-state index in [1.807, 2.05) is 42.7 Å². The summed E-state index contributed by atoms with van der Waals surface area (Å²) in [7, 11) is 1.59. The number of rotatable bonds is 6. The maximum absolute atomic E-state index is 13.2. The molecule has 0 saturated carbocycles. The van der Waals surface area contributed by atoms with Crippen LogP contribution in [0.15, 0.2) is 47.8 Å². The molecule has 0 saturated heterocycles. The Morgan fingerprint density at radius 1 is 1.15 bits per heavy atom. The van der Waals surface area contributed by atoms with Gasteiger partial charge in [0.25, 0.3) is 0 Å². The summed E-state index contributed by atoms with van der Waals surface area (Å²) in [5.41, 5.74) is 2.22. The quantitative estimate of drug-likeness (QED) is 0.251. The summed E-state index contributed by atoms with van der Waals surface area (Å²) in [4.78, 5) is 13.0. The van der Waals surface area contributed by atoms with E-state index in [1.165, 1.54) is 0 Å². The van der Waals surface area contributed by atoms with Crippen molar-refractivity contribution >= 4 is 34.8 Å². The van der Waals surface area contributed by atoms with Gasteiger partial charge < -0.3 is 9.30 Å². The monoisotopic (exact) mass is 494 g/mol. The van der Waals surface area contributed by atoms with E-state index in [1.54, 1.807) is 13.2 Å². The van der Waals surface area contributed by atoms with Crippen LogP contribution in [0.5, 0.6) is 5.75 Å². The van der Waals surface area contributed by atoms with Crippen molar-refractivity contribution in [3.63, 3.8) is 0 Å². The summed E-state index contributed by atoms with van der Waals surface area (Å²) in [6.07, 6.45) is -3.69. The van der Waals surface area contributed by atoms with E-state index in [0.29, 0.717) is 5.56 Å². The fourth-order valence-electron chi connectivity index (χ4n) is 3.57. The number of alkyl halides is 3. The van der Waals surface area contributed by atoms with Crippen LogP contribution < -0.4 is 4.74 Å². The van der Waals surface area contributed by atoms with Crippen LogP contribution in [0, 0.1) is 13.8 Å². The molecule has 3 heterocycles. The van der Waals surface area contributed by atoms with E-state index in [2.05, 4.69) is 10.2 Å². The van der Waals surface area contributed by atoms with Crippen LogP contribution >= 0.6 is 23.4 Å². The normalized spacial score (nSPS) is 11.8. The van der Waals surface area contributed by atoms with Crippen LogP contribution in [-0.2, 0) is 6.18 Å². The van der Waals surface area contributed by atoms with Gasteiger partial charge in [-0.15, -0.1) is 10.2 Å². The lowest BCUT2D eigenvalue weighted by Crippen LogP contribution is -2.08. The van der Waals surface area contributed by atoms with Gasteiger partial charge in [-0.3, -0.25) is 9.20 Å². The zero-order valence-corrected chi connectivity index (χ0v) is 19.3. The highest BCUT2D eigenvalue weighted by molar-refractivity contribution is 7.99. The van der Waals surface area contributed by atoms with Gasteiger partial charge in [-0.1, -0.05) is 23.4 Å². The summed E-state index contributed by atoms with van der Waals surface area (Å²) < 4.78 is 47.8. The number of carbonyl (C=O) groups excluding carboxylic acids is 1. The Morgan fingerprint density at radius 2 is 1.85 bits per heavy atom. The molecule has 0 bridgehead atoms. The zero-order valence-electron chi connectivity index (χ0n) is 17.8. The Morgan fingerprint density at radius 3 is 2.48 bits per heavy atom. The van der Waals surface area contributed by atoms with Crippen molar-refractivity contribution in [2.24, 2.45) is 0 Å². The number of hydrogen-bond acceptors (Lipinski definition) is 5. The van der Waals surface area contributed by atoms with Crippen molar-refractivity contribution < 1.29 is 22.7 Å². The van der Waals surface area contributed by atoms with Gasteiger partial charge in [0.05, 0.1) is 23.4 Å². The molecule has 0 atom stereocenters. The molecule has 33 heavy (non-hydrogen) atoms. The first kappa shape index (κ1) is 23.2. The van der Waals surface area contributed by atoms with E-state index in [9.17, 15) is 18.0 Å². The molecule has 1 aromatic carbocycles. The Balaban J connectivity index is 1.58. The van der Waals surface area contributed by atoms with E-state index in [4.69, 9.17) is 16.3 Å². The molecule has 6 nitrogen and oxygen atoms in total. The number of thioether (sulfide) groups is 1. The van der Waals surface area contributed by atoms with Crippen LogP contribution in [0.2, 0.25) is 5.02 Å². The molecule has 4 rings (SSSR count). The van der Waals surface area contributed by atoms with Gasteiger partial charge in [0.2, 0.25) is 0 Å². The molecule has 172 valence electrons. The number of ketones is 1. The van der Waals surface area contributed by atoms with Crippen LogP contribution in [0.1, 0.15) is 27.3 Å². The number of pyridine rings is 1. The van der Waals surface area contributed by atoms with Gasteiger partial charge in [0, 0.05) is 28.8 Å².